The summed E-state index contributed by atoms with van der Waals surface area (Å²) in [5.41, 5.74) is 7.23. The zero-order valence-electron chi connectivity index (χ0n) is 10.3. The molecule has 0 amide bonds. The number of benzene rings is 1. The molecule has 0 spiro atoms. The van der Waals surface area contributed by atoms with Gasteiger partial charge in [-0.1, -0.05) is 37.3 Å². The molecule has 0 bridgehead atoms. The Morgan fingerprint density at radius 2 is 2.00 bits per heavy atom. The first kappa shape index (κ1) is 11.6. The van der Waals surface area contributed by atoms with Crippen molar-refractivity contribution in [1.82, 2.24) is 4.90 Å². The van der Waals surface area contributed by atoms with Crippen LogP contribution in [0.15, 0.2) is 30.3 Å². The SMILES string of the molecule is CC1CC1CN(C)C(CN)c1ccccc1. The smallest absolute Gasteiger partial charge is 0.0467 e. The summed E-state index contributed by atoms with van der Waals surface area (Å²) in [7, 11) is 2.19. The van der Waals surface area contributed by atoms with E-state index in [0.29, 0.717) is 12.6 Å². The van der Waals surface area contributed by atoms with Gasteiger partial charge in [-0.25, -0.2) is 0 Å². The molecule has 1 aromatic carbocycles. The van der Waals surface area contributed by atoms with Gasteiger partial charge in [0.15, 0.2) is 0 Å². The zero-order chi connectivity index (χ0) is 11.5. The average molecular weight is 218 g/mol. The molecule has 1 aliphatic rings. The van der Waals surface area contributed by atoms with Gasteiger partial charge in [0.2, 0.25) is 0 Å². The lowest BCUT2D eigenvalue weighted by Gasteiger charge is -2.27. The Hall–Kier alpha value is -0.860. The van der Waals surface area contributed by atoms with Gasteiger partial charge < -0.3 is 5.73 Å². The maximum absolute atomic E-state index is 5.89. The van der Waals surface area contributed by atoms with Gasteiger partial charge in [0.05, 0.1) is 0 Å². The highest BCUT2D eigenvalue weighted by Gasteiger charge is 2.34. The van der Waals surface area contributed by atoms with E-state index in [0.717, 1.165) is 11.8 Å². The van der Waals surface area contributed by atoms with E-state index in [1.54, 1.807) is 0 Å². The molecule has 2 N–H and O–H groups in total. The molecule has 2 heteroatoms. The van der Waals surface area contributed by atoms with Crippen molar-refractivity contribution in [2.45, 2.75) is 19.4 Å². The molecule has 1 aromatic rings. The molecule has 88 valence electrons. The van der Waals surface area contributed by atoms with Gasteiger partial charge in [-0.05, 0) is 30.9 Å². The van der Waals surface area contributed by atoms with Gasteiger partial charge in [-0.15, -0.1) is 0 Å². The molecular weight excluding hydrogens is 196 g/mol. The van der Waals surface area contributed by atoms with E-state index in [1.165, 1.54) is 18.5 Å². The molecule has 1 fully saturated rings. The quantitative estimate of drug-likeness (QED) is 0.821. The second kappa shape index (κ2) is 4.98. The largest absolute Gasteiger partial charge is 0.329 e. The Labute approximate surface area is 98.4 Å². The van der Waals surface area contributed by atoms with Crippen LogP contribution in [0.3, 0.4) is 0 Å². The van der Waals surface area contributed by atoms with E-state index in [-0.39, 0.29) is 0 Å². The maximum Gasteiger partial charge on any atom is 0.0467 e. The second-order valence-corrected chi connectivity index (χ2v) is 5.07. The molecule has 0 radical (unpaired) electrons. The Balaban J connectivity index is 1.98. The molecule has 3 unspecified atom stereocenters. The van der Waals surface area contributed by atoms with Gasteiger partial charge >= 0.3 is 0 Å². The topological polar surface area (TPSA) is 29.3 Å². The summed E-state index contributed by atoms with van der Waals surface area (Å²) >= 11 is 0. The van der Waals surface area contributed by atoms with Crippen LogP contribution in [-0.2, 0) is 0 Å². The summed E-state index contributed by atoms with van der Waals surface area (Å²) < 4.78 is 0. The summed E-state index contributed by atoms with van der Waals surface area (Å²) in [6.45, 7) is 4.21. The van der Waals surface area contributed by atoms with Crippen LogP contribution >= 0.6 is 0 Å². The number of rotatable bonds is 5. The van der Waals surface area contributed by atoms with Gasteiger partial charge in [0.1, 0.15) is 0 Å². The van der Waals surface area contributed by atoms with Crippen LogP contribution in [0.4, 0.5) is 0 Å². The summed E-state index contributed by atoms with van der Waals surface area (Å²) in [4.78, 5) is 2.41. The van der Waals surface area contributed by atoms with E-state index in [4.69, 9.17) is 5.73 Å². The van der Waals surface area contributed by atoms with Crippen molar-refractivity contribution in [3.63, 3.8) is 0 Å². The monoisotopic (exact) mass is 218 g/mol. The van der Waals surface area contributed by atoms with Crippen LogP contribution in [0.5, 0.6) is 0 Å². The molecule has 1 saturated carbocycles. The number of nitrogens with zero attached hydrogens (tertiary/aromatic N) is 1. The van der Waals surface area contributed by atoms with Crippen LogP contribution in [0.2, 0.25) is 0 Å². The first-order chi connectivity index (χ1) is 7.72. The van der Waals surface area contributed by atoms with E-state index in [9.17, 15) is 0 Å². The number of nitrogens with two attached hydrogens (primary N) is 1. The normalized spacial score (nSPS) is 25.8. The third kappa shape index (κ3) is 2.63. The number of hydrogen-bond acceptors (Lipinski definition) is 2. The Kier molecular flexibility index (Phi) is 3.62. The van der Waals surface area contributed by atoms with Crippen LogP contribution in [0.1, 0.15) is 24.9 Å². The van der Waals surface area contributed by atoms with E-state index >= 15 is 0 Å². The second-order valence-electron chi connectivity index (χ2n) is 5.07. The Morgan fingerprint density at radius 1 is 1.38 bits per heavy atom. The Morgan fingerprint density at radius 3 is 2.50 bits per heavy atom. The molecule has 0 heterocycles. The fourth-order valence-electron chi connectivity index (χ4n) is 2.40. The Bertz CT molecular complexity index is 323. The van der Waals surface area contributed by atoms with Crippen molar-refractivity contribution in [1.29, 1.82) is 0 Å². The van der Waals surface area contributed by atoms with Crippen LogP contribution < -0.4 is 5.73 Å². The predicted molar refractivity (Wildman–Crippen MR) is 68.1 cm³/mol. The number of hydrogen-bond donors (Lipinski definition) is 1. The molecule has 0 saturated heterocycles. The van der Waals surface area contributed by atoms with Crippen molar-refractivity contribution in [3.8, 4) is 0 Å². The minimum Gasteiger partial charge on any atom is -0.329 e. The number of likely N-dealkylation sites (N-methyl/N-ethyl adjacent to an activating group) is 1. The molecule has 1 aliphatic carbocycles. The average Bonchev–Trinajstić information content (AvgIpc) is 2.96. The van der Waals surface area contributed by atoms with Crippen molar-refractivity contribution >= 4 is 0 Å². The lowest BCUT2D eigenvalue weighted by Crippen LogP contribution is -2.32. The van der Waals surface area contributed by atoms with Gasteiger partial charge in [-0.2, -0.15) is 0 Å². The van der Waals surface area contributed by atoms with Gasteiger partial charge in [-0.3, -0.25) is 4.90 Å². The minimum atomic E-state index is 0.369. The molecule has 0 aromatic heterocycles. The standard InChI is InChI=1S/C14H22N2/c1-11-8-13(11)10-16(2)14(9-15)12-6-4-3-5-7-12/h3-7,11,13-14H,8-10,15H2,1-2H3. The van der Waals surface area contributed by atoms with Crippen molar-refractivity contribution < 1.29 is 0 Å². The first-order valence-electron chi connectivity index (χ1n) is 6.17. The van der Waals surface area contributed by atoms with E-state index in [1.807, 2.05) is 0 Å². The zero-order valence-corrected chi connectivity index (χ0v) is 10.3. The molecular formula is C14H22N2. The molecule has 2 nitrogen and oxygen atoms in total. The lowest BCUT2D eigenvalue weighted by atomic mass is 10.1. The fraction of sp³-hybridized carbons (Fsp3) is 0.571. The van der Waals surface area contributed by atoms with Crippen LogP contribution in [0.25, 0.3) is 0 Å². The predicted octanol–water partition coefficient (Wildman–Crippen LogP) is 2.27. The third-order valence-corrected chi connectivity index (χ3v) is 3.74. The van der Waals surface area contributed by atoms with E-state index < -0.39 is 0 Å². The highest BCUT2D eigenvalue weighted by atomic mass is 15.1. The van der Waals surface area contributed by atoms with Crippen molar-refractivity contribution in [2.75, 3.05) is 20.1 Å². The van der Waals surface area contributed by atoms with Crippen LogP contribution in [-0.4, -0.2) is 25.0 Å². The summed E-state index contributed by atoms with van der Waals surface area (Å²) in [5.74, 6) is 1.81. The molecule has 16 heavy (non-hydrogen) atoms. The highest BCUT2D eigenvalue weighted by Crippen LogP contribution is 2.39. The molecule has 3 atom stereocenters. The van der Waals surface area contributed by atoms with Crippen LogP contribution in [0, 0.1) is 11.8 Å². The third-order valence-electron chi connectivity index (χ3n) is 3.74. The molecule has 2 rings (SSSR count). The first-order valence-corrected chi connectivity index (χ1v) is 6.17. The fourth-order valence-corrected chi connectivity index (χ4v) is 2.40. The molecule has 0 aliphatic heterocycles. The maximum atomic E-state index is 5.89. The minimum absolute atomic E-state index is 0.369. The van der Waals surface area contributed by atoms with Crippen molar-refractivity contribution in [3.05, 3.63) is 35.9 Å². The van der Waals surface area contributed by atoms with Crippen molar-refractivity contribution in [2.24, 2.45) is 17.6 Å². The summed E-state index contributed by atoms with van der Waals surface area (Å²) in [6.07, 6.45) is 1.39. The van der Waals surface area contributed by atoms with Gasteiger partial charge in [0.25, 0.3) is 0 Å². The summed E-state index contributed by atoms with van der Waals surface area (Å²) in [6, 6.07) is 10.9. The highest BCUT2D eigenvalue weighted by molar-refractivity contribution is 5.19. The lowest BCUT2D eigenvalue weighted by molar-refractivity contribution is 0.237. The van der Waals surface area contributed by atoms with E-state index in [2.05, 4.69) is 49.2 Å². The summed E-state index contributed by atoms with van der Waals surface area (Å²) in [5, 5.41) is 0. The van der Waals surface area contributed by atoms with Gasteiger partial charge in [0, 0.05) is 19.1 Å².